The summed E-state index contributed by atoms with van der Waals surface area (Å²) in [6.07, 6.45) is 0. The van der Waals surface area contributed by atoms with Gasteiger partial charge >= 0.3 is 0 Å². The third kappa shape index (κ3) is 4.29. The van der Waals surface area contributed by atoms with Gasteiger partial charge < -0.3 is 9.13 Å². The predicted molar refractivity (Wildman–Crippen MR) is 228 cm³/mol. The number of nitrogens with zero attached hydrogens (tertiary/aromatic N) is 5. The van der Waals surface area contributed by atoms with Gasteiger partial charge in [-0.05, 0) is 60.7 Å². The summed E-state index contributed by atoms with van der Waals surface area (Å²) in [4.78, 5) is 10.7. The number of fused-ring (bicyclic) bond motifs is 11. The zero-order chi connectivity index (χ0) is 36.0. The van der Waals surface area contributed by atoms with Crippen molar-refractivity contribution in [1.29, 1.82) is 0 Å². The Labute approximate surface area is 315 Å². The third-order valence-corrected chi connectivity index (χ3v) is 11.2. The van der Waals surface area contributed by atoms with E-state index >= 15 is 0 Å². The van der Waals surface area contributed by atoms with Crippen LogP contribution in [0.2, 0.25) is 0 Å². The molecule has 0 saturated heterocycles. The largest absolute Gasteiger partial charge is 0.309 e. The van der Waals surface area contributed by atoms with Crippen LogP contribution >= 0.6 is 0 Å². The fourth-order valence-corrected chi connectivity index (χ4v) is 8.93. The lowest BCUT2D eigenvalue weighted by atomic mass is 10.1. The van der Waals surface area contributed by atoms with E-state index in [1.165, 1.54) is 43.4 Å². The maximum absolute atomic E-state index is 5.40. The van der Waals surface area contributed by atoms with E-state index in [0.717, 1.165) is 55.6 Å². The highest BCUT2D eigenvalue weighted by Crippen LogP contribution is 2.43. The molecule has 8 aromatic carbocycles. The van der Waals surface area contributed by atoms with Gasteiger partial charge in [0, 0.05) is 54.6 Å². The van der Waals surface area contributed by atoms with E-state index in [9.17, 15) is 0 Å². The maximum atomic E-state index is 5.40. The standard InChI is InChI=1S/C50H31N5/c1-3-15-32(16-4-1)48-38-21-7-11-23-41(38)51-50(52-48)55-43-25-13-8-19-35(43)37-28-30-46-47(49(37)55)39-22-10-14-26-44(39)54(46)34-27-29-45-40(31-34)36-20-9-12-24-42(36)53(45)33-17-5-2-6-18-33/h1-31H. The van der Waals surface area contributed by atoms with Crippen LogP contribution in [0.3, 0.4) is 0 Å². The molecule has 0 atom stereocenters. The molecule has 4 heterocycles. The van der Waals surface area contributed by atoms with Crippen molar-refractivity contribution in [2.75, 3.05) is 0 Å². The van der Waals surface area contributed by atoms with Gasteiger partial charge in [-0.1, -0.05) is 127 Å². The summed E-state index contributed by atoms with van der Waals surface area (Å²) >= 11 is 0. The molecule has 0 aliphatic rings. The van der Waals surface area contributed by atoms with Crippen molar-refractivity contribution in [3.05, 3.63) is 188 Å². The Bertz CT molecular complexity index is 3480. The molecule has 0 saturated carbocycles. The molecule has 0 aliphatic heterocycles. The van der Waals surface area contributed by atoms with E-state index in [2.05, 4.69) is 196 Å². The molecule has 5 heteroatoms. The number of para-hydroxylation sites is 5. The molecular formula is C50H31N5. The van der Waals surface area contributed by atoms with Crippen molar-refractivity contribution in [3.8, 4) is 28.6 Å². The molecule has 12 aromatic rings. The van der Waals surface area contributed by atoms with Crippen molar-refractivity contribution >= 4 is 76.3 Å². The van der Waals surface area contributed by atoms with Crippen LogP contribution in [0.4, 0.5) is 0 Å². The third-order valence-electron chi connectivity index (χ3n) is 11.2. The highest BCUT2D eigenvalue weighted by atomic mass is 15.2. The lowest BCUT2D eigenvalue weighted by molar-refractivity contribution is 1.02. The fraction of sp³-hybridized carbons (Fsp3) is 0. The summed E-state index contributed by atoms with van der Waals surface area (Å²) < 4.78 is 7.09. The SMILES string of the molecule is c1ccc(-c2nc(-n3c4ccccc4c4ccc5c(c6ccccc6n5-c5ccc6c(c5)c5ccccc5n6-c5ccccc5)c43)nc3ccccc23)cc1. The van der Waals surface area contributed by atoms with Crippen LogP contribution in [-0.2, 0) is 0 Å². The van der Waals surface area contributed by atoms with Gasteiger partial charge in [-0.2, -0.15) is 0 Å². The molecule has 55 heavy (non-hydrogen) atoms. The lowest BCUT2D eigenvalue weighted by Crippen LogP contribution is -2.03. The zero-order valence-electron chi connectivity index (χ0n) is 29.6. The molecule has 256 valence electrons. The van der Waals surface area contributed by atoms with E-state index in [1.54, 1.807) is 0 Å². The summed E-state index contributed by atoms with van der Waals surface area (Å²) in [5, 5.41) is 8.18. The second kappa shape index (κ2) is 11.5. The minimum atomic E-state index is 0.656. The molecule has 0 amide bonds. The number of rotatable bonds is 4. The van der Waals surface area contributed by atoms with E-state index in [4.69, 9.17) is 9.97 Å². The molecule has 12 rings (SSSR count). The first-order valence-electron chi connectivity index (χ1n) is 18.7. The number of hydrogen-bond donors (Lipinski definition) is 0. The van der Waals surface area contributed by atoms with Gasteiger partial charge in [0.2, 0.25) is 5.95 Å². The van der Waals surface area contributed by atoms with Gasteiger partial charge in [0.25, 0.3) is 0 Å². The Balaban J connectivity index is 1.19. The van der Waals surface area contributed by atoms with E-state index in [0.29, 0.717) is 5.95 Å². The Morgan fingerprint density at radius 3 is 1.64 bits per heavy atom. The second-order valence-corrected chi connectivity index (χ2v) is 14.2. The fourth-order valence-electron chi connectivity index (χ4n) is 8.93. The summed E-state index contributed by atoms with van der Waals surface area (Å²) in [7, 11) is 0. The molecule has 0 N–H and O–H groups in total. The number of aromatic nitrogens is 5. The predicted octanol–water partition coefficient (Wildman–Crippen LogP) is 12.6. The molecule has 0 spiro atoms. The quantitative estimate of drug-likeness (QED) is 0.183. The molecular weight excluding hydrogens is 671 g/mol. The molecule has 0 fully saturated rings. The minimum Gasteiger partial charge on any atom is -0.309 e. The van der Waals surface area contributed by atoms with Crippen LogP contribution in [-0.4, -0.2) is 23.7 Å². The molecule has 0 bridgehead atoms. The van der Waals surface area contributed by atoms with Crippen molar-refractivity contribution in [1.82, 2.24) is 23.7 Å². The van der Waals surface area contributed by atoms with Crippen LogP contribution < -0.4 is 0 Å². The van der Waals surface area contributed by atoms with Gasteiger partial charge in [-0.3, -0.25) is 4.57 Å². The zero-order valence-corrected chi connectivity index (χ0v) is 29.6. The first-order valence-corrected chi connectivity index (χ1v) is 18.7. The van der Waals surface area contributed by atoms with Crippen molar-refractivity contribution in [3.63, 3.8) is 0 Å². The second-order valence-electron chi connectivity index (χ2n) is 14.2. The smallest absolute Gasteiger partial charge is 0.235 e. The normalized spacial score (nSPS) is 12.0. The van der Waals surface area contributed by atoms with Crippen LogP contribution in [0.1, 0.15) is 0 Å². The number of hydrogen-bond acceptors (Lipinski definition) is 2. The van der Waals surface area contributed by atoms with Crippen LogP contribution in [0.5, 0.6) is 0 Å². The Morgan fingerprint density at radius 2 is 0.873 bits per heavy atom. The topological polar surface area (TPSA) is 40.6 Å². The highest BCUT2D eigenvalue weighted by Gasteiger charge is 2.23. The van der Waals surface area contributed by atoms with Crippen LogP contribution in [0.15, 0.2) is 188 Å². The van der Waals surface area contributed by atoms with Crippen molar-refractivity contribution in [2.24, 2.45) is 0 Å². The van der Waals surface area contributed by atoms with Gasteiger partial charge in [-0.25, -0.2) is 9.97 Å². The van der Waals surface area contributed by atoms with Gasteiger partial charge in [0.05, 0.1) is 44.3 Å². The Kier molecular flexibility index (Phi) is 6.27. The molecule has 0 aliphatic carbocycles. The van der Waals surface area contributed by atoms with E-state index in [-0.39, 0.29) is 0 Å². The molecule has 0 radical (unpaired) electrons. The summed E-state index contributed by atoms with van der Waals surface area (Å²) in [6.45, 7) is 0. The van der Waals surface area contributed by atoms with Crippen LogP contribution in [0.25, 0.3) is 105 Å². The summed E-state index contributed by atoms with van der Waals surface area (Å²) in [5.41, 5.74) is 12.0. The lowest BCUT2D eigenvalue weighted by Gasteiger charge is -2.12. The van der Waals surface area contributed by atoms with E-state index < -0.39 is 0 Å². The molecule has 4 aromatic heterocycles. The van der Waals surface area contributed by atoms with Crippen molar-refractivity contribution < 1.29 is 0 Å². The maximum Gasteiger partial charge on any atom is 0.235 e. The highest BCUT2D eigenvalue weighted by molar-refractivity contribution is 6.26. The summed E-state index contributed by atoms with van der Waals surface area (Å²) in [5.74, 6) is 0.656. The summed E-state index contributed by atoms with van der Waals surface area (Å²) in [6, 6.07) is 67.1. The van der Waals surface area contributed by atoms with Gasteiger partial charge in [0.15, 0.2) is 0 Å². The average molecular weight is 702 g/mol. The van der Waals surface area contributed by atoms with E-state index in [1.807, 2.05) is 6.07 Å². The van der Waals surface area contributed by atoms with Gasteiger partial charge in [0.1, 0.15) is 0 Å². The first kappa shape index (κ1) is 30.0. The Hall–Kier alpha value is -7.50. The van der Waals surface area contributed by atoms with Crippen molar-refractivity contribution in [2.45, 2.75) is 0 Å². The van der Waals surface area contributed by atoms with Gasteiger partial charge in [-0.15, -0.1) is 0 Å². The number of benzene rings is 8. The monoisotopic (exact) mass is 701 g/mol. The minimum absolute atomic E-state index is 0.656. The average Bonchev–Trinajstić information content (AvgIpc) is 3.89. The van der Waals surface area contributed by atoms with Crippen LogP contribution in [0, 0.1) is 0 Å². The Morgan fingerprint density at radius 1 is 0.327 bits per heavy atom. The molecule has 5 nitrogen and oxygen atoms in total. The molecule has 0 unspecified atom stereocenters. The first-order chi connectivity index (χ1) is 27.3.